The topological polar surface area (TPSA) is 48.3 Å². The summed E-state index contributed by atoms with van der Waals surface area (Å²) in [5, 5.41) is 8.19. The van der Waals surface area contributed by atoms with Crippen molar-refractivity contribution in [2.75, 3.05) is 0 Å². The van der Waals surface area contributed by atoms with Crippen LogP contribution in [0.5, 0.6) is 0 Å². The van der Waals surface area contributed by atoms with Crippen LogP contribution in [0, 0.1) is 0 Å². The third kappa shape index (κ3) is 3.32. The summed E-state index contributed by atoms with van der Waals surface area (Å²) >= 11 is 0. The second kappa shape index (κ2) is 9.05. The molecular weight excluding hydrogens is 576 g/mol. The van der Waals surface area contributed by atoms with Crippen LogP contribution >= 0.6 is 0 Å². The number of imidazole rings is 2. The Bertz CT molecular complexity index is 3090. The third-order valence-corrected chi connectivity index (χ3v) is 9.71. The zero-order valence-corrected chi connectivity index (χ0v) is 25.1. The van der Waals surface area contributed by atoms with E-state index in [1.165, 1.54) is 21.5 Å². The largest absolute Gasteiger partial charge is 0.455 e. The van der Waals surface area contributed by atoms with E-state index in [2.05, 4.69) is 136 Å². The van der Waals surface area contributed by atoms with Gasteiger partial charge in [0, 0.05) is 27.4 Å². The van der Waals surface area contributed by atoms with Crippen molar-refractivity contribution in [1.29, 1.82) is 0 Å². The Morgan fingerprint density at radius 1 is 0.553 bits per heavy atom. The molecule has 0 saturated heterocycles. The minimum absolute atomic E-state index is 0.857. The van der Waals surface area contributed by atoms with Gasteiger partial charge in [0.1, 0.15) is 11.2 Å². The van der Waals surface area contributed by atoms with E-state index in [0.29, 0.717) is 0 Å². The van der Waals surface area contributed by atoms with Crippen LogP contribution in [0.3, 0.4) is 0 Å². The van der Waals surface area contributed by atoms with Crippen LogP contribution in [0.2, 0.25) is 0 Å². The monoisotopic (exact) mass is 600 g/mol. The van der Waals surface area contributed by atoms with Crippen molar-refractivity contribution in [3.8, 4) is 16.8 Å². The maximum absolute atomic E-state index is 6.78. The number of furan rings is 1. The molecule has 218 valence electrons. The van der Waals surface area contributed by atoms with Crippen LogP contribution in [-0.4, -0.2) is 18.9 Å². The highest BCUT2D eigenvalue weighted by molar-refractivity contribution is 6.28. The Balaban J connectivity index is 1.24. The number of hydrogen-bond donors (Lipinski definition) is 0. The average molecular weight is 601 g/mol. The molecular formula is C42H24N4O. The molecule has 0 spiro atoms. The number of benzene rings is 7. The van der Waals surface area contributed by atoms with Gasteiger partial charge in [-0.25, -0.2) is 4.98 Å². The quantitative estimate of drug-likeness (QED) is 0.198. The van der Waals surface area contributed by atoms with Gasteiger partial charge in [-0.3, -0.25) is 14.0 Å². The van der Waals surface area contributed by atoms with Crippen LogP contribution in [-0.2, 0) is 0 Å². The maximum Gasteiger partial charge on any atom is 0.220 e. The molecule has 11 aromatic rings. The summed E-state index contributed by atoms with van der Waals surface area (Å²) in [6.07, 6.45) is 1.98. The first kappa shape index (κ1) is 24.8. The van der Waals surface area contributed by atoms with Gasteiger partial charge in [-0.15, -0.1) is 0 Å². The Labute approximate surface area is 267 Å². The lowest BCUT2D eigenvalue weighted by molar-refractivity contribution is 0.670. The molecule has 0 saturated carbocycles. The van der Waals surface area contributed by atoms with Crippen LogP contribution < -0.4 is 0 Å². The van der Waals surface area contributed by atoms with Crippen molar-refractivity contribution in [3.63, 3.8) is 0 Å². The fourth-order valence-corrected chi connectivity index (χ4v) is 7.68. The molecule has 47 heavy (non-hydrogen) atoms. The SMILES string of the molecule is c1cc(-c2cc3ccccc3c3c2oc2ccc4ccccc4c23)cc(-n2c3cnc4ccccc4c3n3c4ccccc4nc23)c1. The van der Waals surface area contributed by atoms with E-state index < -0.39 is 0 Å². The molecule has 11 rings (SSSR count). The third-order valence-electron chi connectivity index (χ3n) is 9.71. The minimum atomic E-state index is 0.857. The molecule has 0 aliphatic rings. The van der Waals surface area contributed by atoms with Crippen LogP contribution in [0.25, 0.3) is 99.0 Å². The predicted molar refractivity (Wildman–Crippen MR) is 193 cm³/mol. The second-order valence-corrected chi connectivity index (χ2v) is 12.2. The normalized spacial score (nSPS) is 12.3. The zero-order valence-electron chi connectivity index (χ0n) is 25.1. The van der Waals surface area contributed by atoms with Gasteiger partial charge in [0.2, 0.25) is 5.78 Å². The maximum atomic E-state index is 6.78. The smallest absolute Gasteiger partial charge is 0.220 e. The Morgan fingerprint density at radius 2 is 1.30 bits per heavy atom. The molecule has 5 nitrogen and oxygen atoms in total. The van der Waals surface area contributed by atoms with Crippen LogP contribution in [0.15, 0.2) is 150 Å². The average Bonchev–Trinajstić information content (AvgIpc) is 3.80. The van der Waals surface area contributed by atoms with Crippen LogP contribution in [0.4, 0.5) is 0 Å². The predicted octanol–water partition coefficient (Wildman–Crippen LogP) is 10.9. The molecule has 0 N–H and O–H groups in total. The highest BCUT2D eigenvalue weighted by Crippen LogP contribution is 2.44. The zero-order chi connectivity index (χ0) is 30.6. The highest BCUT2D eigenvalue weighted by atomic mass is 16.3. The summed E-state index contributed by atoms with van der Waals surface area (Å²) in [5.74, 6) is 0.857. The minimum Gasteiger partial charge on any atom is -0.455 e. The number of aromatic nitrogens is 4. The molecule has 4 heterocycles. The van der Waals surface area contributed by atoms with E-state index in [9.17, 15) is 0 Å². The summed E-state index contributed by atoms with van der Waals surface area (Å²) < 4.78 is 11.3. The number of fused-ring (bicyclic) bond motifs is 14. The lowest BCUT2D eigenvalue weighted by Gasteiger charge is -2.11. The molecule has 0 atom stereocenters. The van der Waals surface area contributed by atoms with Gasteiger partial charge < -0.3 is 4.42 Å². The molecule has 0 fully saturated rings. The number of para-hydroxylation sites is 3. The van der Waals surface area contributed by atoms with E-state index >= 15 is 0 Å². The van der Waals surface area contributed by atoms with E-state index in [1.54, 1.807) is 0 Å². The molecule has 7 aromatic carbocycles. The van der Waals surface area contributed by atoms with Gasteiger partial charge in [0.15, 0.2) is 0 Å². The Hall–Kier alpha value is -6.46. The number of rotatable bonds is 2. The van der Waals surface area contributed by atoms with Gasteiger partial charge >= 0.3 is 0 Å². The summed E-state index contributed by atoms with van der Waals surface area (Å²) in [7, 11) is 0. The van der Waals surface area contributed by atoms with E-state index in [-0.39, 0.29) is 0 Å². The summed E-state index contributed by atoms with van der Waals surface area (Å²) in [5.41, 5.74) is 10.0. The molecule has 0 radical (unpaired) electrons. The number of hydrogen-bond acceptors (Lipinski definition) is 3. The van der Waals surface area contributed by atoms with Gasteiger partial charge in [0.25, 0.3) is 0 Å². The second-order valence-electron chi connectivity index (χ2n) is 12.2. The van der Waals surface area contributed by atoms with E-state index in [4.69, 9.17) is 14.4 Å². The summed E-state index contributed by atoms with van der Waals surface area (Å²) in [6.45, 7) is 0. The number of pyridine rings is 1. The lowest BCUT2D eigenvalue weighted by atomic mass is 9.94. The number of nitrogens with zero attached hydrogens (tertiary/aromatic N) is 4. The molecule has 0 unspecified atom stereocenters. The van der Waals surface area contributed by atoms with Crippen molar-refractivity contribution in [1.82, 2.24) is 18.9 Å². The molecule has 5 heteroatoms. The molecule has 4 aromatic heterocycles. The lowest BCUT2D eigenvalue weighted by Crippen LogP contribution is -1.96. The van der Waals surface area contributed by atoms with E-state index in [1.807, 2.05) is 18.3 Å². The summed E-state index contributed by atoms with van der Waals surface area (Å²) in [6, 6.07) is 49.1. The first-order chi connectivity index (χ1) is 23.3. The van der Waals surface area contributed by atoms with Crippen LogP contribution in [0.1, 0.15) is 0 Å². The fraction of sp³-hybridized carbons (Fsp3) is 0. The molecule has 0 aliphatic heterocycles. The highest BCUT2D eigenvalue weighted by Gasteiger charge is 2.22. The molecule has 0 amide bonds. The summed E-state index contributed by atoms with van der Waals surface area (Å²) in [4.78, 5) is 10.0. The van der Waals surface area contributed by atoms with Gasteiger partial charge in [0.05, 0.1) is 33.8 Å². The first-order valence-corrected chi connectivity index (χ1v) is 15.8. The molecule has 0 bridgehead atoms. The van der Waals surface area contributed by atoms with Crippen molar-refractivity contribution in [3.05, 3.63) is 146 Å². The first-order valence-electron chi connectivity index (χ1n) is 15.8. The van der Waals surface area contributed by atoms with Crippen molar-refractivity contribution >= 4 is 82.2 Å². The van der Waals surface area contributed by atoms with Crippen molar-refractivity contribution in [2.24, 2.45) is 0 Å². The Morgan fingerprint density at radius 3 is 2.19 bits per heavy atom. The van der Waals surface area contributed by atoms with Crippen molar-refractivity contribution < 1.29 is 4.42 Å². The van der Waals surface area contributed by atoms with Gasteiger partial charge in [-0.2, -0.15) is 0 Å². The van der Waals surface area contributed by atoms with Crippen molar-refractivity contribution in [2.45, 2.75) is 0 Å². The molecule has 0 aliphatic carbocycles. The Kier molecular flexibility index (Phi) is 4.78. The van der Waals surface area contributed by atoms with Gasteiger partial charge in [-0.1, -0.05) is 97.1 Å². The fourth-order valence-electron chi connectivity index (χ4n) is 7.68. The standard InChI is InChI=1S/C42H24N4O/c1-3-14-29-25(10-1)20-21-37-38(29)39-30-15-4-2-11-27(30)23-32(41(39)47-37)26-12-9-13-28(22-26)45-36-24-43-33-17-6-5-16-31(33)40(36)46-35-19-8-7-18-34(35)44-42(45)46/h1-24H. The van der Waals surface area contributed by atoms with E-state index in [0.717, 1.165) is 77.5 Å². The van der Waals surface area contributed by atoms with Gasteiger partial charge in [-0.05, 0) is 69.6 Å².